The number of aromatic nitrogens is 3. The summed E-state index contributed by atoms with van der Waals surface area (Å²) in [4.78, 5) is 166. The maximum atomic E-state index is 14.6. The molecule has 0 N–H and O–H groups in total. The fraction of sp³-hybridized carbons (Fsp3) is 0. The van der Waals surface area contributed by atoms with Crippen molar-refractivity contribution in [3.05, 3.63) is 259 Å². The van der Waals surface area contributed by atoms with Crippen LogP contribution in [0.4, 0.5) is 0 Å². The van der Waals surface area contributed by atoms with Gasteiger partial charge in [0.1, 0.15) is 0 Å². The Balaban J connectivity index is 1.16. The average molecular weight is 910 g/mol. The molecule has 15 nitrogen and oxygen atoms in total. The highest BCUT2D eigenvalue weighted by Gasteiger charge is 2.32. The van der Waals surface area contributed by atoms with Crippen LogP contribution in [0.15, 0.2) is 193 Å². The van der Waals surface area contributed by atoms with Crippen LogP contribution in [0.5, 0.6) is 0 Å². The molecule has 15 heteroatoms. The summed E-state index contributed by atoms with van der Waals surface area (Å²) in [6, 6.07) is 37.7. The van der Waals surface area contributed by atoms with Crippen LogP contribution in [0, 0.1) is 0 Å². The highest BCUT2D eigenvalue weighted by molar-refractivity contribution is 6.50. The Morgan fingerprint density at radius 3 is 0.551 bits per heavy atom. The molecule has 0 aliphatic heterocycles. The van der Waals surface area contributed by atoms with Crippen LogP contribution in [0.25, 0.3) is 49.4 Å². The largest absolute Gasteiger partial charge is 0.285 e. The lowest BCUT2D eigenvalue weighted by Gasteiger charge is -2.04. The molecule has 0 aliphatic carbocycles. The lowest BCUT2D eigenvalue weighted by molar-refractivity contribution is 0.0817. The Morgan fingerprint density at radius 1 is 0.217 bits per heavy atom. The van der Waals surface area contributed by atoms with E-state index in [1.54, 1.807) is 54.6 Å². The minimum atomic E-state index is -1.17. The molecule has 3 heterocycles. The zero-order valence-electron chi connectivity index (χ0n) is 35.3. The molecule has 3 aromatic heterocycles. The molecule has 330 valence electrons. The highest BCUT2D eigenvalue weighted by Crippen LogP contribution is 2.28. The van der Waals surface area contributed by atoms with Crippen molar-refractivity contribution in [3.63, 3.8) is 0 Å². The molecule has 7 aromatic carbocycles. The number of ketones is 6. The van der Waals surface area contributed by atoms with Crippen molar-refractivity contribution in [3.8, 4) is 17.1 Å². The van der Waals surface area contributed by atoms with E-state index in [9.17, 15) is 57.5 Å². The number of carbonyl (C=O) groups is 6. The van der Waals surface area contributed by atoms with Gasteiger partial charge in [0.2, 0.25) is 34.7 Å². The molecule has 10 rings (SSSR count). The van der Waals surface area contributed by atoms with Crippen LogP contribution < -0.4 is 33.4 Å². The molecule has 0 amide bonds. The van der Waals surface area contributed by atoms with E-state index < -0.39 is 100 Å². The van der Waals surface area contributed by atoms with Crippen molar-refractivity contribution in [2.45, 2.75) is 0 Å². The molecule has 0 unspecified atom stereocenters. The molecule has 10 aromatic rings. The van der Waals surface area contributed by atoms with E-state index in [4.69, 9.17) is 0 Å². The van der Waals surface area contributed by atoms with Gasteiger partial charge in [-0.25, -0.2) is 13.7 Å². The van der Waals surface area contributed by atoms with E-state index in [2.05, 4.69) is 0 Å². The van der Waals surface area contributed by atoms with Crippen molar-refractivity contribution in [1.29, 1.82) is 0 Å². The van der Waals surface area contributed by atoms with Crippen molar-refractivity contribution in [1.82, 2.24) is 13.7 Å². The van der Waals surface area contributed by atoms with Crippen LogP contribution in [-0.2, 0) is 0 Å². The predicted octanol–water partition coefficient (Wildman–Crippen LogP) is 5.19. The molecule has 0 bridgehead atoms. The Hall–Kier alpha value is -10.0. The van der Waals surface area contributed by atoms with Gasteiger partial charge < -0.3 is 0 Å². The fourth-order valence-corrected chi connectivity index (χ4v) is 8.53. The number of carbonyl (C=O) groups excluding carboxylic acids is 6. The predicted molar refractivity (Wildman–Crippen MR) is 253 cm³/mol. The Bertz CT molecular complexity index is 3630. The quantitative estimate of drug-likeness (QED) is 0.114. The fourth-order valence-electron chi connectivity index (χ4n) is 8.53. The molecular weight excluding hydrogens is 883 g/mol. The van der Waals surface area contributed by atoms with E-state index in [1.807, 2.05) is 0 Å². The van der Waals surface area contributed by atoms with Gasteiger partial charge in [-0.3, -0.25) is 57.5 Å². The van der Waals surface area contributed by atoms with Crippen LogP contribution >= 0.6 is 0 Å². The first-order chi connectivity index (χ1) is 33.3. The molecule has 0 saturated carbocycles. The SMILES string of the molecule is O=C(C(=O)c1ccc(-n2c(=O)c3c4c(=O)n(-c5ccc(C(=O)C(=O)c6ccccc6)cc5)c(=O)c4c4c(=O)n(-c5ccc(C(=O)C(=O)c6ccccc6)cc5)c(=O)c4c3c2=O)cc1)c1ccccc1. The third kappa shape index (κ3) is 6.76. The maximum Gasteiger partial charge on any atom is 0.267 e. The second-order valence-electron chi connectivity index (χ2n) is 15.8. The lowest BCUT2D eigenvalue weighted by atomic mass is 10.0. The van der Waals surface area contributed by atoms with Crippen LogP contribution in [0.3, 0.4) is 0 Å². The first-order valence-corrected chi connectivity index (χ1v) is 20.9. The summed E-state index contributed by atoms with van der Waals surface area (Å²) in [6.45, 7) is 0. The van der Waals surface area contributed by atoms with Gasteiger partial charge in [0, 0.05) is 33.4 Å². The molecular formula is C54H27N3O12. The molecule has 0 atom stereocenters. The van der Waals surface area contributed by atoms with Gasteiger partial charge in [-0.2, -0.15) is 0 Å². The zero-order chi connectivity index (χ0) is 48.4. The van der Waals surface area contributed by atoms with E-state index in [1.165, 1.54) is 109 Å². The summed E-state index contributed by atoms with van der Waals surface area (Å²) in [5.41, 5.74) is -7.37. The minimum Gasteiger partial charge on any atom is -0.285 e. The summed E-state index contributed by atoms with van der Waals surface area (Å²) in [5.74, 6) is -5.13. The third-order valence-corrected chi connectivity index (χ3v) is 11.9. The van der Waals surface area contributed by atoms with Gasteiger partial charge in [-0.05, 0) is 72.8 Å². The van der Waals surface area contributed by atoms with E-state index >= 15 is 0 Å². The topological polar surface area (TPSA) is 220 Å². The lowest BCUT2D eigenvalue weighted by Crippen LogP contribution is -2.25. The molecule has 69 heavy (non-hydrogen) atoms. The van der Waals surface area contributed by atoms with Gasteiger partial charge in [-0.15, -0.1) is 0 Å². The average Bonchev–Trinajstić information content (AvgIpc) is 3.92. The molecule has 0 radical (unpaired) electrons. The first kappa shape index (κ1) is 42.9. The van der Waals surface area contributed by atoms with Crippen LogP contribution in [-0.4, -0.2) is 48.4 Å². The minimum absolute atomic E-state index is 0.0897. The standard InChI is InChI=1S/C54H27N3O12/c58-43(28-10-4-1-5-11-28)46(61)31-16-22-34(23-17-31)55-49(64)37-38(50(55)65)40-42(54(69)57(52(40)67)36-26-20-33(21-27-36)48(63)45(60)30-14-8-3-9-15-30)41-39(37)51(66)56(53(41)68)35-24-18-32(19-25-35)47(62)44(59)29-12-6-2-7-13-29/h1-27H. The van der Waals surface area contributed by atoms with Gasteiger partial charge in [-0.1, -0.05) is 91.0 Å². The maximum absolute atomic E-state index is 14.6. The normalized spacial score (nSPS) is 11.3. The van der Waals surface area contributed by atoms with Crippen molar-refractivity contribution < 1.29 is 28.8 Å². The van der Waals surface area contributed by atoms with Crippen molar-refractivity contribution in [2.24, 2.45) is 0 Å². The van der Waals surface area contributed by atoms with Crippen LogP contribution in [0.2, 0.25) is 0 Å². The second-order valence-corrected chi connectivity index (χ2v) is 15.8. The van der Waals surface area contributed by atoms with E-state index in [0.717, 1.165) is 0 Å². The van der Waals surface area contributed by atoms with Crippen LogP contribution in [0.1, 0.15) is 62.1 Å². The summed E-state index contributed by atoms with van der Waals surface area (Å²) in [7, 11) is 0. The Kier molecular flexibility index (Phi) is 10.2. The summed E-state index contributed by atoms with van der Waals surface area (Å²) < 4.78 is 1.81. The number of fused-ring (bicyclic) bond motifs is 6. The number of rotatable bonds is 12. The molecule has 0 saturated heterocycles. The smallest absolute Gasteiger partial charge is 0.267 e. The number of benzene rings is 7. The Labute approximate surface area is 384 Å². The van der Waals surface area contributed by atoms with Crippen molar-refractivity contribution in [2.75, 3.05) is 0 Å². The number of hydrogen-bond acceptors (Lipinski definition) is 12. The Morgan fingerprint density at radius 2 is 0.377 bits per heavy atom. The van der Waals surface area contributed by atoms with Gasteiger partial charge in [0.25, 0.3) is 33.4 Å². The van der Waals surface area contributed by atoms with Gasteiger partial charge in [0.05, 0.1) is 49.4 Å². The molecule has 0 aliphatic rings. The number of nitrogens with zero attached hydrogens (tertiary/aromatic N) is 3. The first-order valence-electron chi connectivity index (χ1n) is 20.9. The van der Waals surface area contributed by atoms with Gasteiger partial charge in [0.15, 0.2) is 0 Å². The van der Waals surface area contributed by atoms with E-state index in [-0.39, 0.29) is 50.4 Å². The van der Waals surface area contributed by atoms with Crippen molar-refractivity contribution >= 4 is 67.0 Å². The summed E-state index contributed by atoms with van der Waals surface area (Å²) in [6.07, 6.45) is 0. The summed E-state index contributed by atoms with van der Waals surface area (Å²) >= 11 is 0. The van der Waals surface area contributed by atoms with Gasteiger partial charge >= 0.3 is 0 Å². The molecule has 0 spiro atoms. The second kappa shape index (κ2) is 16.4. The monoisotopic (exact) mass is 909 g/mol. The number of hydrogen-bond donors (Lipinski definition) is 0. The number of Topliss-reactive ketones (excluding diaryl/α,β-unsaturated/α-hetero) is 6. The summed E-state index contributed by atoms with van der Waals surface area (Å²) in [5, 5.41) is -4.01. The highest BCUT2D eigenvalue weighted by atomic mass is 16.2. The zero-order valence-corrected chi connectivity index (χ0v) is 35.3. The third-order valence-electron chi connectivity index (χ3n) is 11.9. The van der Waals surface area contributed by atoms with E-state index in [0.29, 0.717) is 13.7 Å². The molecule has 0 fully saturated rings.